The summed E-state index contributed by atoms with van der Waals surface area (Å²) in [7, 11) is -2.17. The van der Waals surface area contributed by atoms with Crippen LogP contribution in [0.2, 0.25) is 0 Å². The first kappa shape index (κ1) is 23.2. The highest BCUT2D eigenvalue weighted by molar-refractivity contribution is 7.33. The van der Waals surface area contributed by atoms with E-state index in [1.807, 2.05) is 0 Å². The van der Waals surface area contributed by atoms with Crippen molar-refractivity contribution in [1.82, 2.24) is 0 Å². The van der Waals surface area contributed by atoms with E-state index in [0.717, 1.165) is 37.2 Å². The van der Waals surface area contributed by atoms with Gasteiger partial charge in [-0.3, -0.25) is 0 Å². The van der Waals surface area contributed by atoms with Crippen LogP contribution in [0, 0.1) is 23.7 Å². The van der Waals surface area contributed by atoms with Crippen molar-refractivity contribution in [3.8, 4) is 0 Å². The van der Waals surface area contributed by atoms with Crippen LogP contribution >= 0.6 is 8.25 Å². The molecule has 0 heterocycles. The summed E-state index contributed by atoms with van der Waals surface area (Å²) < 4.78 is 23.6. The van der Waals surface area contributed by atoms with Crippen molar-refractivity contribution in [2.45, 2.75) is 81.1 Å². The SMILES string of the molecule is CC(C)CC=C(CC(C)C)O[P+](=O)OC(=CCC(C)C)CC(C)C. The van der Waals surface area contributed by atoms with E-state index >= 15 is 0 Å². The number of hydrogen-bond donors (Lipinski definition) is 0. The van der Waals surface area contributed by atoms with Gasteiger partial charge in [-0.25, -0.2) is 9.05 Å². The van der Waals surface area contributed by atoms with Crippen LogP contribution in [0.4, 0.5) is 0 Å². The fraction of sp³-hybridized carbons (Fsp3) is 0.800. The summed E-state index contributed by atoms with van der Waals surface area (Å²) in [6, 6.07) is 0. The summed E-state index contributed by atoms with van der Waals surface area (Å²) in [5.41, 5.74) is 0. The molecule has 3 nitrogen and oxygen atoms in total. The molecule has 0 aromatic carbocycles. The van der Waals surface area contributed by atoms with E-state index in [0.29, 0.717) is 23.7 Å². The van der Waals surface area contributed by atoms with Gasteiger partial charge in [0.15, 0.2) is 11.5 Å². The lowest BCUT2D eigenvalue weighted by Crippen LogP contribution is -1.98. The lowest BCUT2D eigenvalue weighted by molar-refractivity contribution is 0.286. The third-order valence-electron chi connectivity index (χ3n) is 3.24. The van der Waals surface area contributed by atoms with Gasteiger partial charge in [-0.05, 0) is 48.7 Å². The van der Waals surface area contributed by atoms with E-state index in [4.69, 9.17) is 9.05 Å². The Labute approximate surface area is 150 Å². The number of hydrogen-bond acceptors (Lipinski definition) is 3. The molecule has 24 heavy (non-hydrogen) atoms. The van der Waals surface area contributed by atoms with Crippen molar-refractivity contribution in [1.29, 1.82) is 0 Å². The highest BCUT2D eigenvalue weighted by Gasteiger charge is 2.27. The Kier molecular flexibility index (Phi) is 12.1. The summed E-state index contributed by atoms with van der Waals surface area (Å²) in [5.74, 6) is 3.59. The smallest absolute Gasteiger partial charge is 0.227 e. The molecule has 0 aromatic heterocycles. The Morgan fingerprint density at radius 1 is 0.708 bits per heavy atom. The van der Waals surface area contributed by atoms with Crippen molar-refractivity contribution in [2.75, 3.05) is 0 Å². The molecule has 0 bridgehead atoms. The topological polar surface area (TPSA) is 35.5 Å². The predicted molar refractivity (Wildman–Crippen MR) is 104 cm³/mol. The second kappa shape index (κ2) is 12.5. The van der Waals surface area contributed by atoms with Gasteiger partial charge in [0.2, 0.25) is 0 Å². The van der Waals surface area contributed by atoms with Crippen molar-refractivity contribution in [2.24, 2.45) is 23.7 Å². The highest BCUT2D eigenvalue weighted by Crippen LogP contribution is 2.35. The van der Waals surface area contributed by atoms with E-state index in [9.17, 15) is 4.57 Å². The number of rotatable bonds is 12. The lowest BCUT2D eigenvalue weighted by atomic mass is 10.1. The van der Waals surface area contributed by atoms with Gasteiger partial charge in [-0.2, -0.15) is 0 Å². The van der Waals surface area contributed by atoms with Crippen LogP contribution in [-0.4, -0.2) is 0 Å². The molecule has 0 atom stereocenters. The minimum Gasteiger partial charge on any atom is -0.227 e. The molecule has 0 aromatic rings. The van der Waals surface area contributed by atoms with Gasteiger partial charge in [0, 0.05) is 17.4 Å². The summed E-state index contributed by atoms with van der Waals surface area (Å²) >= 11 is 0. The fourth-order valence-electron chi connectivity index (χ4n) is 2.06. The Morgan fingerprint density at radius 2 is 1.04 bits per heavy atom. The van der Waals surface area contributed by atoms with E-state index in [-0.39, 0.29) is 0 Å². The molecule has 0 radical (unpaired) electrons. The zero-order chi connectivity index (χ0) is 18.7. The molecule has 0 rings (SSSR count). The third-order valence-corrected chi connectivity index (χ3v) is 4.00. The van der Waals surface area contributed by atoms with Crippen LogP contribution in [0.15, 0.2) is 23.7 Å². The maximum Gasteiger partial charge on any atom is 0.804 e. The third kappa shape index (κ3) is 13.6. The molecule has 0 saturated carbocycles. The van der Waals surface area contributed by atoms with Gasteiger partial charge in [-0.15, -0.1) is 0 Å². The van der Waals surface area contributed by atoms with Gasteiger partial charge < -0.3 is 0 Å². The summed E-state index contributed by atoms with van der Waals surface area (Å²) in [5, 5.41) is 0. The zero-order valence-electron chi connectivity index (χ0n) is 17.0. The van der Waals surface area contributed by atoms with Crippen LogP contribution in [0.5, 0.6) is 0 Å². The molecule has 0 amide bonds. The summed E-state index contributed by atoms with van der Waals surface area (Å²) in [6.07, 6.45) is 7.53. The van der Waals surface area contributed by atoms with E-state index in [2.05, 4.69) is 67.5 Å². The molecule has 140 valence electrons. The zero-order valence-corrected chi connectivity index (χ0v) is 17.9. The van der Waals surface area contributed by atoms with Crippen LogP contribution in [0.3, 0.4) is 0 Å². The minimum atomic E-state index is -2.17. The average Bonchev–Trinajstić information content (AvgIpc) is 2.40. The maximum atomic E-state index is 12.3. The fourth-order valence-corrected chi connectivity index (χ4v) is 2.78. The van der Waals surface area contributed by atoms with Crippen molar-refractivity contribution >= 4 is 8.25 Å². The average molecular weight is 357 g/mol. The molecular formula is C20H38O3P+. The second-order valence-electron chi connectivity index (χ2n) is 8.20. The normalized spacial score (nSPS) is 14.1. The van der Waals surface area contributed by atoms with Crippen LogP contribution < -0.4 is 0 Å². The van der Waals surface area contributed by atoms with Gasteiger partial charge in [-0.1, -0.05) is 55.4 Å². The largest absolute Gasteiger partial charge is 0.804 e. The molecule has 0 aliphatic carbocycles. The Morgan fingerprint density at radius 3 is 1.29 bits per heavy atom. The minimum absolute atomic E-state index is 0.457. The molecule has 0 unspecified atom stereocenters. The van der Waals surface area contributed by atoms with Crippen molar-refractivity contribution in [3.05, 3.63) is 23.7 Å². The summed E-state index contributed by atoms with van der Waals surface area (Å²) in [4.78, 5) is 0. The second-order valence-corrected chi connectivity index (χ2v) is 9.01. The van der Waals surface area contributed by atoms with Crippen LogP contribution in [0.1, 0.15) is 81.1 Å². The molecule has 0 N–H and O–H groups in total. The van der Waals surface area contributed by atoms with Crippen molar-refractivity contribution in [3.63, 3.8) is 0 Å². The van der Waals surface area contributed by atoms with Gasteiger partial charge >= 0.3 is 8.25 Å². The Hall–Kier alpha value is -0.820. The molecule has 0 saturated heterocycles. The molecule has 0 aliphatic heterocycles. The van der Waals surface area contributed by atoms with Crippen LogP contribution in [-0.2, 0) is 13.6 Å². The Balaban J connectivity index is 4.86. The maximum absolute atomic E-state index is 12.3. The quantitative estimate of drug-likeness (QED) is 0.266. The monoisotopic (exact) mass is 357 g/mol. The van der Waals surface area contributed by atoms with E-state index in [1.54, 1.807) is 0 Å². The standard InChI is InChI=1S/C20H38O3P/c1-15(2)9-11-19(13-17(5)6)22-24(21)23-20(14-18(7)8)12-10-16(3)4/h11-12,15-18H,9-10,13-14H2,1-8H3/q+1. The predicted octanol–water partition coefficient (Wildman–Crippen LogP) is 7.63. The van der Waals surface area contributed by atoms with E-state index in [1.165, 1.54) is 0 Å². The molecule has 4 heteroatoms. The van der Waals surface area contributed by atoms with Crippen LogP contribution in [0.25, 0.3) is 0 Å². The van der Waals surface area contributed by atoms with E-state index < -0.39 is 8.25 Å². The number of allylic oxidation sites excluding steroid dienone is 4. The first-order chi connectivity index (χ1) is 11.1. The highest BCUT2D eigenvalue weighted by atomic mass is 31.1. The first-order valence-electron chi connectivity index (χ1n) is 9.31. The molecule has 0 fully saturated rings. The van der Waals surface area contributed by atoms with Gasteiger partial charge in [0.1, 0.15) is 0 Å². The molecule has 0 spiro atoms. The first-order valence-corrected chi connectivity index (χ1v) is 10.4. The van der Waals surface area contributed by atoms with Gasteiger partial charge in [0.25, 0.3) is 0 Å². The summed E-state index contributed by atoms with van der Waals surface area (Å²) in [6.45, 7) is 17.2. The molecular weight excluding hydrogens is 319 g/mol. The molecule has 0 aliphatic rings. The lowest BCUT2D eigenvalue weighted by Gasteiger charge is -2.08. The Bertz CT molecular complexity index is 383. The van der Waals surface area contributed by atoms with Gasteiger partial charge in [0.05, 0.1) is 0 Å². The van der Waals surface area contributed by atoms with Crippen molar-refractivity contribution < 1.29 is 13.6 Å².